The van der Waals surface area contributed by atoms with Crippen molar-refractivity contribution in [2.75, 3.05) is 13.2 Å². The van der Waals surface area contributed by atoms with Gasteiger partial charge < -0.3 is 72.9 Å². The Balaban J connectivity index is 0.000000251. The van der Waals surface area contributed by atoms with E-state index in [0.29, 0.717) is 84.9 Å². The van der Waals surface area contributed by atoms with E-state index >= 15 is 0 Å². The molecule has 11 aliphatic carbocycles. The maximum absolute atomic E-state index is 12.6. The molecule has 2 aromatic carbocycles. The number of carboxylic acid groups (broad SMARTS) is 1. The fraction of sp³-hybridized carbons (Fsp3) is 0.810. The molecule has 14 fully saturated rings. The zero-order valence-corrected chi connectivity index (χ0v) is 96.5. The van der Waals surface area contributed by atoms with Crippen molar-refractivity contribution in [1.29, 1.82) is 0 Å². The maximum atomic E-state index is 12.6. The zero-order valence-electron chi connectivity index (χ0n) is 96.5. The van der Waals surface area contributed by atoms with Gasteiger partial charge in [0, 0.05) is 30.1 Å². The van der Waals surface area contributed by atoms with Crippen LogP contribution in [0.15, 0.2) is 42.5 Å². The third-order valence-corrected chi connectivity index (χ3v) is 36.6. The number of aromatic hydroxyl groups is 3. The molecule has 26 heteroatoms. The Labute approximate surface area is 883 Å². The summed E-state index contributed by atoms with van der Waals surface area (Å²) < 4.78 is 55.2. The molecule has 26 nitrogen and oxygen atoms in total. The molecule has 0 spiro atoms. The van der Waals surface area contributed by atoms with Crippen LogP contribution in [0.1, 0.15) is 462 Å². The Hall–Kier alpha value is -8.03. The minimum Gasteiger partial charge on any atom is -0.508 e. The van der Waals surface area contributed by atoms with Gasteiger partial charge in [-0.2, -0.15) is 0 Å². The number of cyclic esters (lactones) is 1. The first-order chi connectivity index (χ1) is 68.5. The summed E-state index contributed by atoms with van der Waals surface area (Å²) in [5, 5.41) is 44.3. The molecule has 14 unspecified atom stereocenters. The highest BCUT2D eigenvalue weighted by Gasteiger charge is 2.66. The molecule has 0 aromatic heterocycles. The number of hydrogen-bond donors (Lipinski definition) is 5. The first-order valence-corrected chi connectivity index (χ1v) is 56.8. The van der Waals surface area contributed by atoms with Gasteiger partial charge in [0.15, 0.2) is 11.5 Å². The summed E-state index contributed by atoms with van der Waals surface area (Å²) >= 11 is 0. The summed E-state index contributed by atoms with van der Waals surface area (Å²) in [6.45, 7) is 61.6. The SMILES string of the molecule is CCC(C)(C)C(=O)OC1(C(C)C)CCCCC1.CCC(C)(C)C(=O)OC1(C)CCCC1.CCC(C)(C)C(=O)OC1(CC)C2CC3CC(C2)CC1C3.CCC(C)(C)C(=O)OC1C2CC3C(=O)OC1C3C2.CCC(C)(C)C(=O)OC1C2CC3C(=O)OC1C3C2.CCC(C)(C)C(=O)OC1CCCCC1.CCC(C)(C)C(=O)OC1CCOC1=O.CCC(C)(CO)C(=O)O.CCC(C)c1ccc(O)c(O)c1.CCC(C)c1ccc(O)cc1. The monoisotopic (exact) mass is 2070 g/mol. The van der Waals surface area contributed by atoms with Crippen molar-refractivity contribution in [3.05, 3.63) is 53.6 Å². The van der Waals surface area contributed by atoms with Gasteiger partial charge in [0.05, 0.1) is 68.4 Å². The molecule has 8 bridgehead atoms. The molecule has 3 aliphatic heterocycles. The van der Waals surface area contributed by atoms with Crippen LogP contribution in [-0.4, -0.2) is 158 Å². The van der Waals surface area contributed by atoms with Crippen LogP contribution < -0.4 is 0 Å². The van der Waals surface area contributed by atoms with Gasteiger partial charge >= 0.3 is 65.7 Å². The van der Waals surface area contributed by atoms with Crippen molar-refractivity contribution < 1.29 is 126 Å². The van der Waals surface area contributed by atoms with E-state index in [1.54, 1.807) is 39.0 Å². The van der Waals surface area contributed by atoms with Crippen molar-refractivity contribution >= 4 is 65.7 Å². The molecule has 14 aliphatic rings. The van der Waals surface area contributed by atoms with E-state index in [1.165, 1.54) is 102 Å². The average Bonchev–Trinajstić information content (AvgIpc) is 1.61. The zero-order chi connectivity index (χ0) is 111. The predicted molar refractivity (Wildman–Crippen MR) is 570 cm³/mol. The molecule has 3 heterocycles. The molecule has 16 rings (SSSR count). The van der Waals surface area contributed by atoms with E-state index in [0.717, 1.165) is 139 Å². The number of fused-ring (bicyclic) bond motifs is 2. The van der Waals surface area contributed by atoms with E-state index in [4.69, 9.17) is 67.8 Å². The third-order valence-electron chi connectivity index (χ3n) is 36.6. The smallest absolute Gasteiger partial charge is 0.347 e. The van der Waals surface area contributed by atoms with E-state index in [9.17, 15) is 57.8 Å². The van der Waals surface area contributed by atoms with E-state index in [1.807, 2.05) is 143 Å². The van der Waals surface area contributed by atoms with Gasteiger partial charge in [-0.3, -0.25) is 47.9 Å². The number of ether oxygens (including phenoxy) is 10. The topological polar surface area (TPSA) is 381 Å². The number of carbonyl (C=O) groups is 11. The Kier molecular flexibility index (Phi) is 47.7. The highest BCUT2D eigenvalue weighted by Crippen LogP contribution is 2.62. The lowest BCUT2D eigenvalue weighted by molar-refractivity contribution is -0.218. The van der Waals surface area contributed by atoms with Gasteiger partial charge in [-0.1, -0.05) is 135 Å². The van der Waals surface area contributed by atoms with Crippen LogP contribution in [0.5, 0.6) is 17.2 Å². The Bertz CT molecular complexity index is 4440. The normalized spacial score (nSPS) is 27.2. The molecule has 2 aromatic rings. The van der Waals surface area contributed by atoms with Crippen molar-refractivity contribution in [3.63, 3.8) is 0 Å². The van der Waals surface area contributed by atoms with Gasteiger partial charge in [-0.25, -0.2) is 4.79 Å². The summed E-state index contributed by atoms with van der Waals surface area (Å²) in [6.07, 6.45) is 34.8. The van der Waals surface area contributed by atoms with E-state index in [-0.39, 0.29) is 153 Å². The van der Waals surface area contributed by atoms with Crippen LogP contribution in [-0.2, 0) is 100 Å². The van der Waals surface area contributed by atoms with Gasteiger partial charge in [0.25, 0.3) is 0 Å². The number of rotatable bonds is 30. The molecule has 147 heavy (non-hydrogen) atoms. The lowest BCUT2D eigenvalue weighted by Gasteiger charge is -2.60. The van der Waals surface area contributed by atoms with Crippen LogP contribution in [0.25, 0.3) is 0 Å². The molecular formula is C121H198O26. The maximum Gasteiger partial charge on any atom is 0.347 e. The Morgan fingerprint density at radius 3 is 1.14 bits per heavy atom. The number of hydrogen-bond acceptors (Lipinski definition) is 25. The van der Waals surface area contributed by atoms with Crippen LogP contribution >= 0.6 is 0 Å². The van der Waals surface area contributed by atoms with Gasteiger partial charge in [-0.15, -0.1) is 0 Å². The Morgan fingerprint density at radius 1 is 0.408 bits per heavy atom. The summed E-state index contributed by atoms with van der Waals surface area (Å²) in [4.78, 5) is 129. The van der Waals surface area contributed by atoms with Crippen molar-refractivity contribution in [2.24, 2.45) is 108 Å². The minimum absolute atomic E-state index is 0.0180. The highest BCUT2D eigenvalue weighted by molar-refractivity contribution is 5.84. The molecule has 838 valence electrons. The van der Waals surface area contributed by atoms with Crippen molar-refractivity contribution in [2.45, 2.75) is 505 Å². The lowest BCUT2D eigenvalue weighted by Crippen LogP contribution is -2.60. The average molecular weight is 2070 g/mol. The number of esters is 10. The molecule has 14 atom stereocenters. The van der Waals surface area contributed by atoms with Crippen molar-refractivity contribution in [1.82, 2.24) is 0 Å². The van der Waals surface area contributed by atoms with Gasteiger partial charge in [-0.05, 0) is 393 Å². The first kappa shape index (κ1) is 128. The second kappa shape index (κ2) is 55.0. The second-order valence-corrected chi connectivity index (χ2v) is 50.3. The van der Waals surface area contributed by atoms with E-state index < -0.39 is 39.7 Å². The second-order valence-electron chi connectivity index (χ2n) is 50.3. The number of carbonyl (C=O) groups excluding carboxylic acids is 10. The summed E-state index contributed by atoms with van der Waals surface area (Å²) in [6, 6.07) is 12.4. The number of benzene rings is 2. The predicted octanol–water partition coefficient (Wildman–Crippen LogP) is 26.6. The fourth-order valence-electron chi connectivity index (χ4n) is 21.5. The molecule has 5 N–H and O–H groups in total. The number of aliphatic hydroxyl groups excluding tert-OH is 1. The van der Waals surface area contributed by atoms with Gasteiger partial charge in [0.2, 0.25) is 6.10 Å². The number of aliphatic carboxylic acids is 1. The molecule has 3 saturated heterocycles. The first-order valence-electron chi connectivity index (χ1n) is 56.8. The lowest BCUT2D eigenvalue weighted by atomic mass is 9.49. The molecule has 0 amide bonds. The van der Waals surface area contributed by atoms with Crippen LogP contribution in [0.2, 0.25) is 0 Å². The summed E-state index contributed by atoms with van der Waals surface area (Å²) in [5.41, 5.74) is -1.84. The highest BCUT2D eigenvalue weighted by atomic mass is 16.6. The van der Waals surface area contributed by atoms with Gasteiger partial charge in [0.1, 0.15) is 53.1 Å². The number of carboxylic acids is 1. The quantitative estimate of drug-likeness (QED) is 0.0275. The summed E-state index contributed by atoms with van der Waals surface area (Å²) in [7, 11) is 0. The van der Waals surface area contributed by atoms with Crippen LogP contribution in [0.3, 0.4) is 0 Å². The largest absolute Gasteiger partial charge is 0.508 e. The summed E-state index contributed by atoms with van der Waals surface area (Å²) in [5.74, 6) is 4.00. The number of aliphatic hydroxyl groups is 1. The molecule has 0 radical (unpaired) electrons. The van der Waals surface area contributed by atoms with E-state index in [2.05, 4.69) is 62.3 Å². The standard InChI is InChI=1S/C18H30O2.C15H28O2.2C14H20O4.2C12H22O2.C10H16O4.C10H14O2.C10H14O.C6H12O3/c1-5-17(3,4)16(19)20-18(6-2)14-8-12-7-13(10-14)11-15(18)9-12;1-6-14(4,5)13(16)17-15(12(2)3)10-8-7-9-11-15;2*1-4-14(2,3)13(16)18-10-7-5-8-9(6-7)12(15)17-11(8)10;1-5-11(2,3)10(13)14-12(4)8-6-7-9-12;1-4-12(2,3)11(13)14-10-8-6-5-7-9-10;1-4-10(2,3)9(12)14-7-5-6-13-8(7)11;1-3-7(2)8-4-5-9(11)10(12)6-8;1-3-8(2)9-4-6-10(11)7-5-9;1-3-6(2,4-7)5(8)9/h12-15H,5-11H2,1-4H3;12H,6-11H2,1-5H3;2*7-11H,4-6H2,1-3H3;5-9H2,1-4H3;10H,4-9H2,1-3H3;7H,4-6H2,1-3H3;4-7,11-12H,3H2,1-2H3;4-8,11H,3H2,1-2H3;7H,3-4H2,1-2H3,(H,8,9). The van der Waals surface area contributed by atoms with Crippen molar-refractivity contribution in [3.8, 4) is 17.2 Å². The van der Waals surface area contributed by atoms with Crippen LogP contribution in [0.4, 0.5) is 0 Å². The minimum atomic E-state index is -0.944. The molecule has 11 saturated carbocycles. The number of phenolic OH excluding ortho intramolecular Hbond substituents is 3. The fourth-order valence-corrected chi connectivity index (χ4v) is 21.5. The van der Waals surface area contributed by atoms with Crippen LogP contribution in [0, 0.1) is 108 Å². The number of phenols is 3. The Morgan fingerprint density at radius 2 is 0.782 bits per heavy atom. The third kappa shape index (κ3) is 33.7. The molecular weight excluding hydrogens is 1870 g/mol.